The predicted octanol–water partition coefficient (Wildman–Crippen LogP) is 3.60. The summed E-state index contributed by atoms with van der Waals surface area (Å²) in [5.74, 6) is 0. The summed E-state index contributed by atoms with van der Waals surface area (Å²) in [6.45, 7) is 3.38. The van der Waals surface area contributed by atoms with Crippen LogP contribution in [0.4, 0.5) is 13.2 Å². The summed E-state index contributed by atoms with van der Waals surface area (Å²) in [6.07, 6.45) is -4.41. The lowest BCUT2D eigenvalue weighted by Crippen LogP contribution is -2.31. The Morgan fingerprint density at radius 3 is 2.25 bits per heavy atom. The zero-order valence-corrected chi connectivity index (χ0v) is 9.78. The van der Waals surface area contributed by atoms with Crippen molar-refractivity contribution < 1.29 is 13.2 Å². The highest BCUT2D eigenvalue weighted by Crippen LogP contribution is 2.40. The highest BCUT2D eigenvalue weighted by molar-refractivity contribution is 6.31. The molecule has 5 heteroatoms. The van der Waals surface area contributed by atoms with E-state index in [1.165, 1.54) is 12.1 Å². The summed E-state index contributed by atoms with van der Waals surface area (Å²) in [4.78, 5) is 0. The van der Waals surface area contributed by atoms with E-state index in [9.17, 15) is 13.2 Å². The van der Waals surface area contributed by atoms with Crippen molar-refractivity contribution in [1.29, 1.82) is 0 Å². The van der Waals surface area contributed by atoms with E-state index in [1.54, 1.807) is 13.8 Å². The first-order valence-corrected chi connectivity index (χ1v) is 5.14. The average Bonchev–Trinajstić information content (AvgIpc) is 2.15. The molecule has 0 aliphatic heterocycles. The summed E-state index contributed by atoms with van der Waals surface area (Å²) in [5, 5.41) is 0.102. The summed E-state index contributed by atoms with van der Waals surface area (Å²) in [7, 11) is 0. The lowest BCUT2D eigenvalue weighted by atomic mass is 9.81. The first-order valence-electron chi connectivity index (χ1n) is 4.76. The summed E-state index contributed by atoms with van der Waals surface area (Å²) >= 11 is 5.84. The number of benzene rings is 1. The summed E-state index contributed by atoms with van der Waals surface area (Å²) in [5.41, 5.74) is 4.04. The fourth-order valence-electron chi connectivity index (χ4n) is 1.55. The van der Waals surface area contributed by atoms with Crippen molar-refractivity contribution in [1.82, 2.24) is 0 Å². The molecule has 1 rings (SSSR count). The van der Waals surface area contributed by atoms with Crippen LogP contribution in [0.5, 0.6) is 0 Å². The lowest BCUT2D eigenvalue weighted by molar-refractivity contribution is -0.138. The van der Waals surface area contributed by atoms with Gasteiger partial charge < -0.3 is 5.73 Å². The molecule has 0 radical (unpaired) electrons. The third kappa shape index (κ3) is 2.50. The van der Waals surface area contributed by atoms with E-state index in [1.807, 2.05) is 0 Å². The first-order chi connectivity index (χ1) is 7.20. The minimum Gasteiger partial charge on any atom is -0.330 e. The van der Waals surface area contributed by atoms with E-state index in [2.05, 4.69) is 0 Å². The number of rotatable bonds is 2. The molecule has 1 aromatic rings. The molecule has 16 heavy (non-hydrogen) atoms. The van der Waals surface area contributed by atoms with Crippen molar-refractivity contribution in [2.24, 2.45) is 5.73 Å². The third-order valence-corrected chi connectivity index (χ3v) is 2.82. The van der Waals surface area contributed by atoms with Crippen molar-refractivity contribution in [3.05, 3.63) is 34.3 Å². The zero-order chi connectivity index (χ0) is 12.6. The van der Waals surface area contributed by atoms with Gasteiger partial charge in [0.1, 0.15) is 0 Å². The normalized spacial score (nSPS) is 12.9. The van der Waals surface area contributed by atoms with Gasteiger partial charge in [0.15, 0.2) is 0 Å². The fourth-order valence-corrected chi connectivity index (χ4v) is 1.98. The molecule has 0 atom stereocenters. The van der Waals surface area contributed by atoms with Gasteiger partial charge in [0.2, 0.25) is 0 Å². The van der Waals surface area contributed by atoms with Crippen molar-refractivity contribution in [3.8, 4) is 0 Å². The van der Waals surface area contributed by atoms with Gasteiger partial charge in [-0.2, -0.15) is 13.2 Å². The van der Waals surface area contributed by atoms with Gasteiger partial charge in [0.25, 0.3) is 0 Å². The standard InChI is InChI=1S/C11H13ClF3N/c1-10(2,6-16)9-7(11(13,14)15)4-3-5-8(9)12/h3-5H,6,16H2,1-2H3. The Morgan fingerprint density at radius 2 is 1.81 bits per heavy atom. The van der Waals surface area contributed by atoms with Crippen LogP contribution in [-0.4, -0.2) is 6.54 Å². The van der Waals surface area contributed by atoms with Crippen molar-refractivity contribution in [2.75, 3.05) is 6.54 Å². The molecule has 0 saturated carbocycles. The Bertz CT molecular complexity index is 385. The van der Waals surface area contributed by atoms with Crippen LogP contribution < -0.4 is 5.73 Å². The highest BCUT2D eigenvalue weighted by atomic mass is 35.5. The predicted molar refractivity (Wildman–Crippen MR) is 58.5 cm³/mol. The minimum atomic E-state index is -4.41. The molecule has 0 saturated heterocycles. The van der Waals surface area contributed by atoms with Crippen molar-refractivity contribution in [3.63, 3.8) is 0 Å². The van der Waals surface area contributed by atoms with E-state index < -0.39 is 17.2 Å². The molecule has 0 amide bonds. The van der Waals surface area contributed by atoms with Crippen LogP contribution in [0.15, 0.2) is 18.2 Å². The van der Waals surface area contributed by atoms with Crippen LogP contribution in [-0.2, 0) is 11.6 Å². The van der Waals surface area contributed by atoms with Gasteiger partial charge in [-0.25, -0.2) is 0 Å². The quantitative estimate of drug-likeness (QED) is 0.854. The average molecular weight is 252 g/mol. The Hall–Kier alpha value is -0.740. The Balaban J connectivity index is 3.48. The molecule has 0 aromatic heterocycles. The van der Waals surface area contributed by atoms with Crippen LogP contribution in [0, 0.1) is 0 Å². The van der Waals surface area contributed by atoms with E-state index in [4.69, 9.17) is 17.3 Å². The largest absolute Gasteiger partial charge is 0.416 e. The van der Waals surface area contributed by atoms with E-state index in [0.717, 1.165) is 6.07 Å². The second kappa shape index (κ2) is 4.26. The Morgan fingerprint density at radius 1 is 1.25 bits per heavy atom. The number of hydrogen-bond acceptors (Lipinski definition) is 1. The van der Waals surface area contributed by atoms with Crippen LogP contribution in [0.3, 0.4) is 0 Å². The van der Waals surface area contributed by atoms with Crippen molar-refractivity contribution in [2.45, 2.75) is 25.4 Å². The molecule has 1 nitrogen and oxygen atoms in total. The molecule has 2 N–H and O–H groups in total. The van der Waals surface area contributed by atoms with Gasteiger partial charge in [0, 0.05) is 17.0 Å². The van der Waals surface area contributed by atoms with Gasteiger partial charge in [-0.15, -0.1) is 0 Å². The second-order valence-corrected chi connectivity index (χ2v) is 4.66. The molecule has 0 bridgehead atoms. The van der Waals surface area contributed by atoms with Crippen LogP contribution in [0.25, 0.3) is 0 Å². The van der Waals surface area contributed by atoms with Crippen LogP contribution in [0.1, 0.15) is 25.0 Å². The lowest BCUT2D eigenvalue weighted by Gasteiger charge is -2.28. The van der Waals surface area contributed by atoms with Gasteiger partial charge in [-0.05, 0) is 17.7 Å². The zero-order valence-electron chi connectivity index (χ0n) is 9.03. The Kier molecular flexibility index (Phi) is 3.55. The SMILES string of the molecule is CC(C)(CN)c1c(Cl)cccc1C(F)(F)F. The van der Waals surface area contributed by atoms with Gasteiger partial charge >= 0.3 is 6.18 Å². The molecule has 0 aliphatic carbocycles. The molecule has 0 aliphatic rings. The molecule has 1 aromatic carbocycles. The monoisotopic (exact) mass is 251 g/mol. The summed E-state index contributed by atoms with van der Waals surface area (Å²) < 4.78 is 38.4. The molecular weight excluding hydrogens is 239 g/mol. The van der Waals surface area contributed by atoms with E-state index in [0.29, 0.717) is 0 Å². The van der Waals surface area contributed by atoms with Crippen LogP contribution >= 0.6 is 11.6 Å². The number of halogens is 4. The molecule has 0 spiro atoms. The van der Waals surface area contributed by atoms with Gasteiger partial charge in [0.05, 0.1) is 5.56 Å². The maximum absolute atomic E-state index is 12.8. The molecule has 90 valence electrons. The number of nitrogens with two attached hydrogens (primary N) is 1. The van der Waals surface area contributed by atoms with Crippen molar-refractivity contribution >= 4 is 11.6 Å². The van der Waals surface area contributed by atoms with E-state index >= 15 is 0 Å². The second-order valence-electron chi connectivity index (χ2n) is 4.25. The highest BCUT2D eigenvalue weighted by Gasteiger charge is 2.38. The van der Waals surface area contributed by atoms with Gasteiger partial charge in [-0.3, -0.25) is 0 Å². The first kappa shape index (κ1) is 13.3. The van der Waals surface area contributed by atoms with Crippen LogP contribution in [0.2, 0.25) is 5.02 Å². The summed E-state index contributed by atoms with van der Waals surface area (Å²) in [6, 6.07) is 3.77. The molecular formula is C11H13ClF3N. The fraction of sp³-hybridized carbons (Fsp3) is 0.455. The van der Waals surface area contributed by atoms with E-state index in [-0.39, 0.29) is 17.1 Å². The topological polar surface area (TPSA) is 26.0 Å². The Labute approximate surface area is 97.4 Å². The molecule has 0 heterocycles. The number of hydrogen-bond donors (Lipinski definition) is 1. The minimum absolute atomic E-state index is 0.0617. The maximum atomic E-state index is 12.8. The maximum Gasteiger partial charge on any atom is 0.416 e. The van der Waals surface area contributed by atoms with Gasteiger partial charge in [-0.1, -0.05) is 31.5 Å². The third-order valence-electron chi connectivity index (χ3n) is 2.51. The number of alkyl halides is 3. The smallest absolute Gasteiger partial charge is 0.330 e. The molecule has 0 fully saturated rings. The molecule has 0 unspecified atom stereocenters.